The maximum atomic E-state index is 13.6. The Balaban J connectivity index is 1.59. The molecule has 9 heteroatoms. The van der Waals surface area contributed by atoms with Crippen LogP contribution in [0.15, 0.2) is 77.7 Å². The molecule has 0 fully saturated rings. The van der Waals surface area contributed by atoms with E-state index >= 15 is 0 Å². The van der Waals surface area contributed by atoms with Crippen LogP contribution in [0, 0.1) is 5.82 Å². The predicted molar refractivity (Wildman–Crippen MR) is 130 cm³/mol. The first kappa shape index (κ1) is 24.6. The highest BCUT2D eigenvalue weighted by Gasteiger charge is 2.22. The number of carbonyl (C=O) groups is 1. The van der Waals surface area contributed by atoms with Crippen molar-refractivity contribution in [2.24, 2.45) is 0 Å². The van der Waals surface area contributed by atoms with Crippen LogP contribution in [0.25, 0.3) is 0 Å². The fourth-order valence-corrected chi connectivity index (χ4v) is 5.11. The van der Waals surface area contributed by atoms with E-state index in [-0.39, 0.29) is 22.2 Å². The van der Waals surface area contributed by atoms with Crippen LogP contribution in [0.5, 0.6) is 5.75 Å². The summed E-state index contributed by atoms with van der Waals surface area (Å²) in [5, 5.41) is 2.78. The van der Waals surface area contributed by atoms with E-state index in [1.165, 1.54) is 50.2 Å². The van der Waals surface area contributed by atoms with Gasteiger partial charge in [-0.3, -0.25) is 9.10 Å². The standard InChI is InChI=1S/C24H25FN2O4S2/c1-27(20-10-12-21(31-2)13-11-20)33(29,30)22-8-5-7-18(16-22)24(28)26-14-15-32-17-19-6-3-4-9-23(19)25/h3-13,16H,14-15,17H2,1-2H3,(H,26,28). The van der Waals surface area contributed by atoms with Crippen LogP contribution in [0.2, 0.25) is 0 Å². The number of hydrogen-bond acceptors (Lipinski definition) is 5. The number of anilines is 1. The predicted octanol–water partition coefficient (Wildman–Crippen LogP) is 4.32. The topological polar surface area (TPSA) is 75.7 Å². The molecule has 3 aromatic rings. The smallest absolute Gasteiger partial charge is 0.264 e. The lowest BCUT2D eigenvalue weighted by Gasteiger charge is -2.20. The van der Waals surface area contributed by atoms with Crippen molar-refractivity contribution < 1.29 is 22.3 Å². The first-order valence-electron chi connectivity index (χ1n) is 10.2. The first-order valence-corrected chi connectivity index (χ1v) is 12.7. The van der Waals surface area contributed by atoms with Crippen LogP contribution in [-0.4, -0.2) is 40.8 Å². The Morgan fingerprint density at radius 1 is 1.06 bits per heavy atom. The number of ether oxygens (including phenoxy) is 1. The van der Waals surface area contributed by atoms with E-state index in [1.54, 1.807) is 48.5 Å². The maximum absolute atomic E-state index is 13.6. The number of benzene rings is 3. The molecule has 3 rings (SSSR count). The van der Waals surface area contributed by atoms with E-state index in [4.69, 9.17) is 4.74 Å². The monoisotopic (exact) mass is 488 g/mol. The van der Waals surface area contributed by atoms with Gasteiger partial charge in [-0.25, -0.2) is 12.8 Å². The number of nitrogens with zero attached hydrogens (tertiary/aromatic N) is 1. The third-order valence-corrected chi connectivity index (χ3v) is 7.73. The van der Waals surface area contributed by atoms with Gasteiger partial charge in [-0.15, -0.1) is 0 Å². The van der Waals surface area contributed by atoms with Gasteiger partial charge in [-0.1, -0.05) is 24.3 Å². The van der Waals surface area contributed by atoms with Crippen molar-refractivity contribution >= 4 is 33.4 Å². The Morgan fingerprint density at radius 2 is 1.79 bits per heavy atom. The molecule has 1 N–H and O–H groups in total. The molecule has 0 atom stereocenters. The van der Waals surface area contributed by atoms with Gasteiger partial charge in [-0.2, -0.15) is 11.8 Å². The minimum Gasteiger partial charge on any atom is -0.497 e. The van der Waals surface area contributed by atoms with Crippen molar-refractivity contribution in [3.05, 3.63) is 89.7 Å². The van der Waals surface area contributed by atoms with E-state index in [1.807, 2.05) is 0 Å². The highest BCUT2D eigenvalue weighted by molar-refractivity contribution is 7.98. The van der Waals surface area contributed by atoms with Crippen LogP contribution in [0.1, 0.15) is 15.9 Å². The average Bonchev–Trinajstić information content (AvgIpc) is 2.84. The summed E-state index contributed by atoms with van der Waals surface area (Å²) in [7, 11) is -0.868. The van der Waals surface area contributed by atoms with Crippen LogP contribution < -0.4 is 14.4 Å². The molecule has 0 unspecified atom stereocenters. The van der Waals surface area contributed by atoms with Gasteiger partial charge in [0.05, 0.1) is 17.7 Å². The molecule has 6 nitrogen and oxygen atoms in total. The van der Waals surface area contributed by atoms with E-state index in [0.717, 1.165) is 4.31 Å². The average molecular weight is 489 g/mol. The molecule has 0 radical (unpaired) electrons. The lowest BCUT2D eigenvalue weighted by molar-refractivity contribution is 0.0956. The fourth-order valence-electron chi connectivity index (χ4n) is 3.02. The zero-order valence-electron chi connectivity index (χ0n) is 18.3. The number of methoxy groups -OCH3 is 1. The van der Waals surface area contributed by atoms with Gasteiger partial charge >= 0.3 is 0 Å². The molecule has 0 aliphatic carbocycles. The van der Waals surface area contributed by atoms with Crippen molar-refractivity contribution in [2.75, 3.05) is 30.8 Å². The zero-order chi connectivity index (χ0) is 23.8. The summed E-state index contributed by atoms with van der Waals surface area (Å²) >= 11 is 1.50. The zero-order valence-corrected chi connectivity index (χ0v) is 20.0. The molecular weight excluding hydrogens is 463 g/mol. The Kier molecular flexibility index (Phi) is 8.35. The SMILES string of the molecule is COc1ccc(N(C)S(=O)(=O)c2cccc(C(=O)NCCSCc3ccccc3F)c2)cc1. The molecule has 0 heterocycles. The first-order chi connectivity index (χ1) is 15.8. The molecule has 0 bridgehead atoms. The van der Waals surface area contributed by atoms with Gasteiger partial charge in [0.2, 0.25) is 0 Å². The van der Waals surface area contributed by atoms with Crippen molar-refractivity contribution in [1.29, 1.82) is 0 Å². The van der Waals surface area contributed by atoms with Gasteiger partial charge < -0.3 is 10.1 Å². The number of amides is 1. The van der Waals surface area contributed by atoms with Crippen molar-refractivity contribution in [3.8, 4) is 5.75 Å². The van der Waals surface area contributed by atoms with Crippen molar-refractivity contribution in [1.82, 2.24) is 5.32 Å². The van der Waals surface area contributed by atoms with Crippen LogP contribution >= 0.6 is 11.8 Å². The number of hydrogen-bond donors (Lipinski definition) is 1. The molecule has 0 saturated heterocycles. The molecule has 0 saturated carbocycles. The molecule has 33 heavy (non-hydrogen) atoms. The quantitative estimate of drug-likeness (QED) is 0.430. The van der Waals surface area contributed by atoms with Gasteiger partial charge in [0.25, 0.3) is 15.9 Å². The summed E-state index contributed by atoms with van der Waals surface area (Å²) < 4.78 is 46.0. The number of rotatable bonds is 10. The number of carbonyl (C=O) groups excluding carboxylic acids is 1. The van der Waals surface area contributed by atoms with Gasteiger partial charge in [0.1, 0.15) is 11.6 Å². The summed E-state index contributed by atoms with van der Waals surface area (Å²) in [6, 6.07) is 19.1. The Morgan fingerprint density at radius 3 is 2.48 bits per heavy atom. The molecule has 0 aromatic heterocycles. The summed E-state index contributed by atoms with van der Waals surface area (Å²) in [4.78, 5) is 12.5. The van der Waals surface area contributed by atoms with E-state index in [9.17, 15) is 17.6 Å². The van der Waals surface area contributed by atoms with Crippen LogP contribution in [-0.2, 0) is 15.8 Å². The highest BCUT2D eigenvalue weighted by Crippen LogP contribution is 2.24. The number of sulfonamides is 1. The largest absolute Gasteiger partial charge is 0.497 e. The molecule has 174 valence electrons. The second kappa shape index (κ2) is 11.2. The van der Waals surface area contributed by atoms with Crippen LogP contribution in [0.4, 0.5) is 10.1 Å². The van der Waals surface area contributed by atoms with E-state index < -0.39 is 10.0 Å². The van der Waals surface area contributed by atoms with Gasteiger partial charge in [-0.05, 0) is 54.1 Å². The molecule has 1 amide bonds. The third kappa shape index (κ3) is 6.27. The Hall–Kier alpha value is -3.04. The van der Waals surface area contributed by atoms with Gasteiger partial charge in [0.15, 0.2) is 0 Å². The van der Waals surface area contributed by atoms with Crippen LogP contribution in [0.3, 0.4) is 0 Å². The summed E-state index contributed by atoms with van der Waals surface area (Å²) in [6.07, 6.45) is 0. The second-order valence-electron chi connectivity index (χ2n) is 7.10. The summed E-state index contributed by atoms with van der Waals surface area (Å²) in [5.74, 6) is 1.11. The molecule has 0 aliphatic heterocycles. The normalized spacial score (nSPS) is 11.1. The fraction of sp³-hybridized carbons (Fsp3) is 0.208. The number of halogens is 1. The maximum Gasteiger partial charge on any atom is 0.264 e. The number of nitrogens with one attached hydrogen (secondary N) is 1. The summed E-state index contributed by atoms with van der Waals surface area (Å²) in [6.45, 7) is 0.376. The van der Waals surface area contributed by atoms with Crippen molar-refractivity contribution in [2.45, 2.75) is 10.6 Å². The lowest BCUT2D eigenvalue weighted by Crippen LogP contribution is -2.28. The highest BCUT2D eigenvalue weighted by atomic mass is 32.2. The second-order valence-corrected chi connectivity index (χ2v) is 10.2. The minimum atomic E-state index is -3.86. The van der Waals surface area contributed by atoms with E-state index in [0.29, 0.717) is 35.1 Å². The number of thioether (sulfide) groups is 1. The van der Waals surface area contributed by atoms with Crippen molar-refractivity contribution in [3.63, 3.8) is 0 Å². The Bertz CT molecular complexity index is 1200. The molecule has 3 aromatic carbocycles. The molecular formula is C24H25FN2O4S2. The van der Waals surface area contributed by atoms with Gasteiger partial charge in [0, 0.05) is 30.7 Å². The van der Waals surface area contributed by atoms with E-state index in [2.05, 4.69) is 5.32 Å². The molecule has 0 aliphatic rings. The third-order valence-electron chi connectivity index (χ3n) is 4.94. The minimum absolute atomic E-state index is 0.0161. The lowest BCUT2D eigenvalue weighted by atomic mass is 10.2. The Labute approximate surface area is 197 Å². The molecule has 0 spiro atoms. The summed E-state index contributed by atoms with van der Waals surface area (Å²) in [5.41, 5.74) is 1.34.